The first kappa shape index (κ1) is 31.6. The number of carbonyl (C=O) groups excluding carboxylic acids is 2. The summed E-state index contributed by atoms with van der Waals surface area (Å²) in [4.78, 5) is 29.4. The van der Waals surface area contributed by atoms with Crippen molar-refractivity contribution in [2.24, 2.45) is 0 Å². The van der Waals surface area contributed by atoms with Gasteiger partial charge in [-0.2, -0.15) is 0 Å². The summed E-state index contributed by atoms with van der Waals surface area (Å²) in [6.45, 7) is 2.22. The molecule has 0 unspecified atom stereocenters. The van der Waals surface area contributed by atoms with Gasteiger partial charge in [0.15, 0.2) is 0 Å². The normalized spacial score (nSPS) is 14.4. The quantitative estimate of drug-likeness (QED) is 0.262. The van der Waals surface area contributed by atoms with E-state index in [0.29, 0.717) is 23.6 Å². The molecule has 0 saturated heterocycles. The summed E-state index contributed by atoms with van der Waals surface area (Å²) in [6, 6.07) is 23.7. The van der Waals surface area contributed by atoms with E-state index >= 15 is 0 Å². The van der Waals surface area contributed by atoms with Gasteiger partial charge in [0, 0.05) is 37.0 Å². The maximum Gasteiger partial charge on any atom is 0.243 e. The fraction of sp³-hybridized carbons (Fsp3) is 0.394. The van der Waals surface area contributed by atoms with Gasteiger partial charge in [-0.1, -0.05) is 85.1 Å². The minimum atomic E-state index is -3.56. The van der Waals surface area contributed by atoms with E-state index in [1.54, 1.807) is 17.0 Å². The Hall–Kier alpha value is -3.36. The van der Waals surface area contributed by atoms with Crippen molar-refractivity contribution in [3.05, 3.63) is 101 Å². The Balaban J connectivity index is 1.59. The Morgan fingerprint density at radius 1 is 0.976 bits per heavy atom. The van der Waals surface area contributed by atoms with Gasteiger partial charge in [0.1, 0.15) is 6.04 Å². The van der Waals surface area contributed by atoms with Gasteiger partial charge in [-0.05, 0) is 61.1 Å². The molecule has 1 aliphatic carbocycles. The van der Waals surface area contributed by atoms with Crippen molar-refractivity contribution in [2.45, 2.75) is 70.5 Å². The lowest BCUT2D eigenvalue weighted by molar-refractivity contribution is -0.141. The lowest BCUT2D eigenvalue weighted by Crippen LogP contribution is -2.52. The third-order valence-corrected chi connectivity index (χ3v) is 9.28. The van der Waals surface area contributed by atoms with Crippen LogP contribution in [-0.2, 0) is 32.6 Å². The van der Waals surface area contributed by atoms with Crippen molar-refractivity contribution in [1.82, 2.24) is 10.2 Å². The predicted octanol–water partition coefficient (Wildman–Crippen LogP) is 5.89. The van der Waals surface area contributed by atoms with E-state index < -0.39 is 16.1 Å². The summed E-state index contributed by atoms with van der Waals surface area (Å²) < 4.78 is 26.7. The highest BCUT2D eigenvalue weighted by Gasteiger charge is 2.32. The van der Waals surface area contributed by atoms with E-state index in [2.05, 4.69) is 5.32 Å². The van der Waals surface area contributed by atoms with Crippen molar-refractivity contribution < 1.29 is 18.0 Å². The van der Waals surface area contributed by atoms with E-state index in [9.17, 15) is 18.0 Å². The van der Waals surface area contributed by atoms with Crippen LogP contribution in [0.1, 0.15) is 55.2 Å². The third kappa shape index (κ3) is 8.82. The summed E-state index contributed by atoms with van der Waals surface area (Å²) in [7, 11) is -3.56. The Morgan fingerprint density at radius 3 is 2.33 bits per heavy atom. The number of hydrogen-bond donors (Lipinski definition) is 1. The molecule has 224 valence electrons. The topological polar surface area (TPSA) is 86.8 Å². The maximum atomic E-state index is 14.0. The van der Waals surface area contributed by atoms with E-state index in [-0.39, 0.29) is 37.4 Å². The number of hydrogen-bond acceptors (Lipinski definition) is 4. The van der Waals surface area contributed by atoms with Crippen molar-refractivity contribution in [3.8, 4) is 0 Å². The number of halogens is 1. The zero-order valence-corrected chi connectivity index (χ0v) is 25.9. The van der Waals surface area contributed by atoms with Crippen LogP contribution in [0.5, 0.6) is 0 Å². The first-order chi connectivity index (χ1) is 20.1. The standard InChI is InChI=1S/C33H40ClN3O4S/c1-25-12-10-18-29(22-25)37(42(2,40)41)21-11-20-32(38)36(24-27-15-6-9-19-30(27)34)31(23-26-13-4-3-5-14-26)33(39)35-28-16-7-8-17-28/h3-6,9-10,12-15,18-19,22,28,31H,7-8,11,16-17,20-21,23-24H2,1-2H3,(H,35,39)/t31-/m0/s1. The van der Waals surface area contributed by atoms with Crippen LogP contribution in [0.15, 0.2) is 78.9 Å². The van der Waals surface area contributed by atoms with E-state index in [1.165, 1.54) is 10.6 Å². The molecule has 42 heavy (non-hydrogen) atoms. The molecule has 2 amide bonds. The molecule has 1 saturated carbocycles. The number of sulfonamides is 1. The molecule has 4 rings (SSSR count). The van der Waals surface area contributed by atoms with Crippen LogP contribution in [0, 0.1) is 6.92 Å². The van der Waals surface area contributed by atoms with E-state index in [1.807, 2.05) is 73.7 Å². The smallest absolute Gasteiger partial charge is 0.243 e. The minimum Gasteiger partial charge on any atom is -0.352 e. The highest BCUT2D eigenvalue weighted by molar-refractivity contribution is 7.92. The van der Waals surface area contributed by atoms with Crippen molar-refractivity contribution in [3.63, 3.8) is 0 Å². The highest BCUT2D eigenvalue weighted by Crippen LogP contribution is 2.24. The number of carbonyl (C=O) groups is 2. The Bertz CT molecular complexity index is 1460. The van der Waals surface area contributed by atoms with Crippen LogP contribution in [0.25, 0.3) is 0 Å². The van der Waals surface area contributed by atoms with Gasteiger partial charge in [-0.15, -0.1) is 0 Å². The SMILES string of the molecule is Cc1cccc(N(CCCC(=O)N(Cc2ccccc2Cl)[C@@H](Cc2ccccc2)C(=O)NC2CCCC2)S(C)(=O)=O)c1. The van der Waals surface area contributed by atoms with Crippen molar-refractivity contribution >= 4 is 39.1 Å². The van der Waals surface area contributed by atoms with Crippen LogP contribution in [0.2, 0.25) is 5.02 Å². The highest BCUT2D eigenvalue weighted by atomic mass is 35.5. The largest absolute Gasteiger partial charge is 0.352 e. The number of amides is 2. The van der Waals surface area contributed by atoms with Crippen LogP contribution < -0.4 is 9.62 Å². The first-order valence-electron chi connectivity index (χ1n) is 14.5. The molecular weight excluding hydrogens is 570 g/mol. The molecule has 0 aliphatic heterocycles. The fourth-order valence-electron chi connectivity index (χ4n) is 5.52. The van der Waals surface area contributed by atoms with Gasteiger partial charge >= 0.3 is 0 Å². The van der Waals surface area contributed by atoms with Crippen LogP contribution in [0.3, 0.4) is 0 Å². The average Bonchev–Trinajstić information content (AvgIpc) is 3.46. The van der Waals surface area contributed by atoms with Gasteiger partial charge in [0.05, 0.1) is 11.9 Å². The van der Waals surface area contributed by atoms with E-state index in [0.717, 1.165) is 42.4 Å². The van der Waals surface area contributed by atoms with Gasteiger partial charge < -0.3 is 10.2 Å². The molecule has 0 spiro atoms. The number of anilines is 1. The Kier molecular flexibility index (Phi) is 11.0. The van der Waals surface area contributed by atoms with E-state index in [4.69, 9.17) is 11.6 Å². The second-order valence-corrected chi connectivity index (χ2v) is 13.4. The number of nitrogens with zero attached hydrogens (tertiary/aromatic N) is 2. The summed E-state index contributed by atoms with van der Waals surface area (Å²) in [5, 5.41) is 3.72. The number of aryl methyl sites for hydroxylation is 1. The zero-order valence-electron chi connectivity index (χ0n) is 24.3. The monoisotopic (exact) mass is 609 g/mol. The Morgan fingerprint density at radius 2 is 1.67 bits per heavy atom. The Labute approximate surface area is 254 Å². The second kappa shape index (κ2) is 14.7. The predicted molar refractivity (Wildman–Crippen MR) is 169 cm³/mol. The molecule has 3 aromatic carbocycles. The molecular formula is C33H40ClN3O4S. The number of benzene rings is 3. The van der Waals surface area contributed by atoms with Crippen LogP contribution in [0.4, 0.5) is 5.69 Å². The van der Waals surface area contributed by atoms with Crippen molar-refractivity contribution in [2.75, 3.05) is 17.1 Å². The molecule has 0 radical (unpaired) electrons. The molecule has 0 bridgehead atoms. The summed E-state index contributed by atoms with van der Waals surface area (Å²) >= 11 is 6.52. The second-order valence-electron chi connectivity index (χ2n) is 11.1. The molecule has 9 heteroatoms. The first-order valence-corrected chi connectivity index (χ1v) is 16.8. The zero-order chi connectivity index (χ0) is 30.1. The number of rotatable bonds is 13. The summed E-state index contributed by atoms with van der Waals surface area (Å²) in [5.41, 5.74) is 3.21. The van der Waals surface area contributed by atoms with Gasteiger partial charge in [-0.25, -0.2) is 8.42 Å². The third-order valence-electron chi connectivity index (χ3n) is 7.71. The fourth-order valence-corrected chi connectivity index (χ4v) is 6.67. The van der Waals surface area contributed by atoms with Crippen molar-refractivity contribution in [1.29, 1.82) is 0 Å². The van der Waals surface area contributed by atoms with Gasteiger partial charge in [0.25, 0.3) is 0 Å². The maximum absolute atomic E-state index is 14.0. The molecule has 0 heterocycles. The molecule has 3 aromatic rings. The van der Waals surface area contributed by atoms with Gasteiger partial charge in [0.2, 0.25) is 21.8 Å². The molecule has 1 aliphatic rings. The minimum absolute atomic E-state index is 0.0737. The summed E-state index contributed by atoms with van der Waals surface area (Å²) in [6.07, 6.45) is 5.91. The van der Waals surface area contributed by atoms with Crippen LogP contribution >= 0.6 is 11.6 Å². The molecule has 1 N–H and O–H groups in total. The molecule has 0 aromatic heterocycles. The lowest BCUT2D eigenvalue weighted by Gasteiger charge is -2.33. The molecule has 1 atom stereocenters. The molecule has 7 nitrogen and oxygen atoms in total. The number of nitrogens with one attached hydrogen (secondary N) is 1. The summed E-state index contributed by atoms with van der Waals surface area (Å²) in [5.74, 6) is -0.404. The average molecular weight is 610 g/mol. The van der Waals surface area contributed by atoms with Crippen LogP contribution in [-0.4, -0.2) is 50.0 Å². The molecule has 1 fully saturated rings. The van der Waals surface area contributed by atoms with Gasteiger partial charge in [-0.3, -0.25) is 13.9 Å². The lowest BCUT2D eigenvalue weighted by atomic mass is 10.0.